The van der Waals surface area contributed by atoms with E-state index in [9.17, 15) is 9.59 Å². The summed E-state index contributed by atoms with van der Waals surface area (Å²) in [6.45, 7) is 7.85. The Bertz CT molecular complexity index is 286. The molecular formula is C10H16INO2S. The van der Waals surface area contributed by atoms with Crippen molar-refractivity contribution in [2.24, 2.45) is 0 Å². The fourth-order valence-electron chi connectivity index (χ4n) is 1.60. The molecule has 1 heterocycles. The molecule has 0 radical (unpaired) electrons. The van der Waals surface area contributed by atoms with Gasteiger partial charge in [-0.1, -0.05) is 36.4 Å². The van der Waals surface area contributed by atoms with Crippen LogP contribution in [0.3, 0.4) is 0 Å². The fourth-order valence-corrected chi connectivity index (χ4v) is 3.22. The summed E-state index contributed by atoms with van der Waals surface area (Å²) in [7, 11) is 0. The molecule has 3 nitrogen and oxygen atoms in total. The van der Waals surface area contributed by atoms with E-state index in [1.165, 1.54) is 4.90 Å². The zero-order valence-electron chi connectivity index (χ0n) is 9.41. The summed E-state index contributed by atoms with van der Waals surface area (Å²) < 4.78 is -0.418. The van der Waals surface area contributed by atoms with Crippen molar-refractivity contribution in [3.8, 4) is 0 Å². The van der Waals surface area contributed by atoms with E-state index in [2.05, 4.69) is 22.6 Å². The fraction of sp³-hybridized carbons (Fsp3) is 0.800. The summed E-state index contributed by atoms with van der Waals surface area (Å²) >= 11 is 3.71. The molecule has 0 bridgehead atoms. The molecular weight excluding hydrogens is 325 g/mol. The van der Waals surface area contributed by atoms with Gasteiger partial charge in [0, 0.05) is 6.42 Å². The highest BCUT2D eigenvalue weighted by Crippen LogP contribution is 2.34. The largest absolute Gasteiger partial charge is 0.274 e. The standard InChI is InChI=1S/C10H16INO2S/c1-6(2)15-7-5-8(13)12(9(7)14)10(3,4)11/h6-7H,5H2,1-4H3. The summed E-state index contributed by atoms with van der Waals surface area (Å²) in [5.41, 5.74) is 0. The lowest BCUT2D eigenvalue weighted by Crippen LogP contribution is -2.43. The minimum absolute atomic E-state index is 0.0295. The predicted molar refractivity (Wildman–Crippen MR) is 71.1 cm³/mol. The third-order valence-electron chi connectivity index (χ3n) is 2.07. The van der Waals surface area contributed by atoms with Gasteiger partial charge in [0.25, 0.3) is 0 Å². The Hall–Kier alpha value is 0.220. The highest BCUT2D eigenvalue weighted by molar-refractivity contribution is 14.1. The van der Waals surface area contributed by atoms with E-state index >= 15 is 0 Å². The van der Waals surface area contributed by atoms with Crippen molar-refractivity contribution in [2.75, 3.05) is 0 Å². The number of thioether (sulfide) groups is 1. The quantitative estimate of drug-likeness (QED) is 0.342. The number of rotatable bonds is 3. The van der Waals surface area contributed by atoms with Gasteiger partial charge >= 0.3 is 0 Å². The Labute approximate surface area is 108 Å². The van der Waals surface area contributed by atoms with Gasteiger partial charge in [-0.25, -0.2) is 0 Å². The van der Waals surface area contributed by atoms with Crippen LogP contribution in [0.15, 0.2) is 0 Å². The van der Waals surface area contributed by atoms with Gasteiger partial charge in [-0.15, -0.1) is 11.8 Å². The molecule has 0 spiro atoms. The minimum Gasteiger partial charge on any atom is -0.274 e. The molecule has 15 heavy (non-hydrogen) atoms. The van der Waals surface area contributed by atoms with E-state index in [0.29, 0.717) is 11.7 Å². The number of carbonyl (C=O) groups excluding carboxylic acids is 2. The molecule has 1 saturated heterocycles. The maximum absolute atomic E-state index is 12.0. The summed E-state index contributed by atoms with van der Waals surface area (Å²) in [6.07, 6.45) is 0.355. The average molecular weight is 341 g/mol. The molecule has 0 aliphatic carbocycles. The lowest BCUT2D eigenvalue weighted by atomic mass is 10.3. The molecule has 1 aliphatic heterocycles. The van der Waals surface area contributed by atoms with Gasteiger partial charge in [0.05, 0.1) is 8.80 Å². The molecule has 0 N–H and O–H groups in total. The van der Waals surface area contributed by atoms with Crippen LogP contribution in [0.2, 0.25) is 0 Å². The lowest BCUT2D eigenvalue weighted by molar-refractivity contribution is -0.140. The molecule has 5 heteroatoms. The number of hydrogen-bond acceptors (Lipinski definition) is 3. The maximum atomic E-state index is 12.0. The highest BCUT2D eigenvalue weighted by Gasteiger charge is 2.45. The van der Waals surface area contributed by atoms with Gasteiger partial charge in [-0.3, -0.25) is 14.5 Å². The van der Waals surface area contributed by atoms with Gasteiger partial charge in [-0.2, -0.15) is 0 Å². The Kier molecular flexibility index (Phi) is 4.08. The van der Waals surface area contributed by atoms with E-state index in [0.717, 1.165) is 0 Å². The summed E-state index contributed by atoms with van der Waals surface area (Å²) in [5.74, 6) is -0.0735. The molecule has 1 unspecified atom stereocenters. The second-order valence-corrected chi connectivity index (χ2v) is 8.78. The third kappa shape index (κ3) is 3.09. The first-order valence-corrected chi connectivity index (χ1v) is 6.97. The smallest absolute Gasteiger partial charge is 0.243 e. The number of halogens is 1. The molecule has 1 atom stereocenters. The monoisotopic (exact) mass is 341 g/mol. The summed E-state index contributed by atoms with van der Waals surface area (Å²) in [6, 6.07) is 0. The Morgan fingerprint density at radius 1 is 1.47 bits per heavy atom. The van der Waals surface area contributed by atoms with Crippen molar-refractivity contribution in [1.82, 2.24) is 4.90 Å². The van der Waals surface area contributed by atoms with Crippen molar-refractivity contribution in [3.05, 3.63) is 0 Å². The van der Waals surface area contributed by atoms with E-state index in [4.69, 9.17) is 0 Å². The Morgan fingerprint density at radius 3 is 2.33 bits per heavy atom. The molecule has 1 aliphatic rings. The molecule has 0 aromatic heterocycles. The first kappa shape index (κ1) is 13.3. The van der Waals surface area contributed by atoms with Gasteiger partial charge in [0.1, 0.15) is 0 Å². The van der Waals surface area contributed by atoms with E-state index in [1.807, 2.05) is 27.7 Å². The summed E-state index contributed by atoms with van der Waals surface area (Å²) in [5, 5.41) is 0.204. The van der Waals surface area contributed by atoms with Gasteiger partial charge in [-0.05, 0) is 19.1 Å². The number of nitrogens with zero attached hydrogens (tertiary/aromatic N) is 1. The number of likely N-dealkylation sites (tertiary alicyclic amines) is 1. The van der Waals surface area contributed by atoms with Crippen LogP contribution in [0, 0.1) is 0 Å². The number of imide groups is 1. The molecule has 1 fully saturated rings. The van der Waals surface area contributed by atoms with Crippen LogP contribution < -0.4 is 0 Å². The molecule has 86 valence electrons. The second-order valence-electron chi connectivity index (χ2n) is 4.35. The van der Waals surface area contributed by atoms with Crippen LogP contribution >= 0.6 is 34.4 Å². The molecule has 2 amide bonds. The average Bonchev–Trinajstić information content (AvgIpc) is 2.23. The number of alkyl halides is 1. The zero-order chi connectivity index (χ0) is 11.8. The SMILES string of the molecule is CC(C)SC1CC(=O)N(C(C)(C)I)C1=O. The van der Waals surface area contributed by atoms with Crippen molar-refractivity contribution < 1.29 is 9.59 Å². The normalized spacial score (nSPS) is 23.1. The number of hydrogen-bond donors (Lipinski definition) is 0. The van der Waals surface area contributed by atoms with E-state index in [-0.39, 0.29) is 17.1 Å². The topological polar surface area (TPSA) is 37.4 Å². The van der Waals surface area contributed by atoms with Crippen molar-refractivity contribution in [1.29, 1.82) is 0 Å². The van der Waals surface area contributed by atoms with Crippen molar-refractivity contribution in [3.63, 3.8) is 0 Å². The van der Waals surface area contributed by atoms with Crippen LogP contribution in [-0.2, 0) is 9.59 Å². The van der Waals surface area contributed by atoms with E-state index < -0.39 is 3.55 Å². The first-order valence-electron chi connectivity index (χ1n) is 4.94. The molecule has 0 aromatic carbocycles. The van der Waals surface area contributed by atoms with Crippen molar-refractivity contribution >= 4 is 46.2 Å². The molecule has 0 saturated carbocycles. The van der Waals surface area contributed by atoms with E-state index in [1.54, 1.807) is 11.8 Å². The number of carbonyl (C=O) groups is 2. The first-order chi connectivity index (χ1) is 6.73. The van der Waals surface area contributed by atoms with Crippen LogP contribution in [-0.4, -0.2) is 30.8 Å². The minimum atomic E-state index is -0.418. The van der Waals surface area contributed by atoms with Gasteiger partial charge in [0.2, 0.25) is 11.8 Å². The molecule has 0 aromatic rings. The highest BCUT2D eigenvalue weighted by atomic mass is 127. The second kappa shape index (κ2) is 4.61. The van der Waals surface area contributed by atoms with Crippen LogP contribution in [0.25, 0.3) is 0 Å². The molecule has 1 rings (SSSR count). The number of amides is 2. The lowest BCUT2D eigenvalue weighted by Gasteiger charge is -2.28. The third-order valence-corrected chi connectivity index (χ3v) is 3.80. The predicted octanol–water partition coefficient (Wildman–Crippen LogP) is 2.43. The Morgan fingerprint density at radius 2 is 2.00 bits per heavy atom. The summed E-state index contributed by atoms with van der Waals surface area (Å²) in [4.78, 5) is 25.1. The van der Waals surface area contributed by atoms with Crippen LogP contribution in [0.1, 0.15) is 34.1 Å². The van der Waals surface area contributed by atoms with Crippen molar-refractivity contribution in [2.45, 2.75) is 48.2 Å². The van der Waals surface area contributed by atoms with Gasteiger partial charge in [0.15, 0.2) is 0 Å². The maximum Gasteiger partial charge on any atom is 0.243 e. The van der Waals surface area contributed by atoms with Gasteiger partial charge < -0.3 is 0 Å². The zero-order valence-corrected chi connectivity index (χ0v) is 12.4. The van der Waals surface area contributed by atoms with Crippen LogP contribution in [0.4, 0.5) is 0 Å². The van der Waals surface area contributed by atoms with Crippen LogP contribution in [0.5, 0.6) is 0 Å². The Balaban J connectivity index is 2.80.